The molecule has 0 saturated heterocycles. The zero-order chi connectivity index (χ0) is 37.4. The summed E-state index contributed by atoms with van der Waals surface area (Å²) in [6.07, 6.45) is 9.98. The number of halogens is 1. The van der Waals surface area contributed by atoms with Crippen LogP contribution in [0.1, 0.15) is 139 Å². The Morgan fingerprint density at radius 2 is 1.63 bits per heavy atom. The summed E-state index contributed by atoms with van der Waals surface area (Å²) < 4.78 is 6.18. The van der Waals surface area contributed by atoms with Crippen molar-refractivity contribution in [1.29, 1.82) is 0 Å². The number of Topliss-reactive ketones (excluding diaryl/α,β-unsaturated/α-hetero) is 1. The number of hydrogen-bond donors (Lipinski definition) is 2. The van der Waals surface area contributed by atoms with Gasteiger partial charge in [0.1, 0.15) is 6.10 Å². The number of carbonyl (C=O) groups is 3. The molecule has 6 nitrogen and oxygen atoms in total. The molecular weight excluding hydrogens is 658 g/mol. The molecule has 1 aromatic carbocycles. The molecule has 0 spiro atoms. The third-order valence-corrected chi connectivity index (χ3v) is 16.2. The fraction of sp³-hybridized carbons (Fsp3) is 0.750. The van der Waals surface area contributed by atoms with Crippen LogP contribution in [0, 0.1) is 56.2 Å². The molecule has 5 aliphatic rings. The van der Waals surface area contributed by atoms with E-state index in [1.54, 1.807) is 13.8 Å². The summed E-state index contributed by atoms with van der Waals surface area (Å²) in [5.74, 6) is 0.647. The fourth-order valence-corrected chi connectivity index (χ4v) is 13.2. The molecule has 282 valence electrons. The third kappa shape index (κ3) is 6.24. The molecule has 2 N–H and O–H groups in total. The predicted molar refractivity (Wildman–Crippen MR) is 203 cm³/mol. The van der Waals surface area contributed by atoms with Crippen LogP contribution in [-0.2, 0) is 25.7 Å². The van der Waals surface area contributed by atoms with Gasteiger partial charge < -0.3 is 15.2 Å². The molecule has 0 aliphatic heterocycles. The number of esters is 1. The Hall–Kier alpha value is -2.18. The molecule has 0 heterocycles. The largest absolute Gasteiger partial charge is 0.481 e. The minimum absolute atomic E-state index is 0.0444. The van der Waals surface area contributed by atoms with Gasteiger partial charge in [-0.05, 0) is 141 Å². The molecule has 6 rings (SSSR count). The Labute approximate surface area is 312 Å². The summed E-state index contributed by atoms with van der Waals surface area (Å²) in [6, 6.07) is 8.06. The normalized spacial score (nSPS) is 37.4. The highest BCUT2D eigenvalue weighted by molar-refractivity contribution is 6.30. The lowest BCUT2D eigenvalue weighted by Crippen LogP contribution is -2.65. The topological polar surface area (TPSA) is 92.7 Å². The summed E-state index contributed by atoms with van der Waals surface area (Å²) in [7, 11) is 0. The van der Waals surface area contributed by atoms with Crippen molar-refractivity contribution in [2.45, 2.75) is 146 Å². The number of nitrogens with one attached hydrogen (secondary N) is 1. The Morgan fingerprint density at radius 1 is 0.941 bits per heavy atom. The molecule has 4 saturated carbocycles. The van der Waals surface area contributed by atoms with Crippen molar-refractivity contribution in [2.24, 2.45) is 56.2 Å². The first-order valence-corrected chi connectivity index (χ1v) is 20.3. The maximum atomic E-state index is 14.0. The number of hydrogen-bond acceptors (Lipinski definition) is 5. The molecule has 0 unspecified atom stereocenters. The number of benzene rings is 1. The van der Waals surface area contributed by atoms with Crippen LogP contribution in [0.15, 0.2) is 35.4 Å². The van der Waals surface area contributed by atoms with Gasteiger partial charge in [0.15, 0.2) is 5.78 Å². The molecule has 7 heteroatoms. The van der Waals surface area contributed by atoms with Gasteiger partial charge >= 0.3 is 11.9 Å². The van der Waals surface area contributed by atoms with E-state index < -0.39 is 17.4 Å². The van der Waals surface area contributed by atoms with E-state index in [4.69, 9.17) is 16.3 Å². The summed E-state index contributed by atoms with van der Waals surface area (Å²) in [5, 5.41) is 14.1. The molecule has 0 bridgehead atoms. The van der Waals surface area contributed by atoms with Crippen LogP contribution in [-0.4, -0.2) is 35.5 Å². The smallest absolute Gasteiger partial charge is 0.309 e. The second kappa shape index (κ2) is 13.3. The maximum Gasteiger partial charge on any atom is 0.309 e. The average molecular weight is 722 g/mol. The summed E-state index contributed by atoms with van der Waals surface area (Å²) in [4.78, 5) is 38.8. The SMILES string of the molecule is CC(C)C1=C2[C@H]3CC[C@@H]4[C@@]5(C)CC[C@H](OC(=O)CC(C)(C)C(=O)O)C(C)(C)[C@@H]5CC[C@@]4(C)[C@]3(C)CC[C@@]2(CCNCc2ccc(Cl)cc2)CC1=O. The number of carbonyl (C=O) groups excluding carboxylic acids is 2. The second-order valence-corrected chi connectivity index (χ2v) is 20.2. The number of fused-ring (bicyclic) bond motifs is 7. The van der Waals surface area contributed by atoms with Crippen molar-refractivity contribution in [1.82, 2.24) is 5.32 Å². The molecule has 0 amide bonds. The maximum absolute atomic E-state index is 14.0. The zero-order valence-corrected chi connectivity index (χ0v) is 33.6. The standard InChI is InChI=1S/C44H64ClNO5/c1-27(2)36-31(47)24-44(22-23-46-26-28-10-12-29(45)13-11-28)21-20-42(8)30(37(36)44)14-15-33-41(7)18-17-34(51-35(48)25-39(3,4)38(49)50)40(5,6)32(41)16-19-43(33,42)9/h10-13,27,30,32-34,46H,14-26H2,1-9H3,(H,49,50)/t30-,32+,33-,34+,41+,42-,43-,44-/m1/s1. The van der Waals surface area contributed by atoms with Crippen molar-refractivity contribution >= 4 is 29.3 Å². The van der Waals surface area contributed by atoms with Crippen molar-refractivity contribution in [3.63, 3.8) is 0 Å². The Balaban J connectivity index is 1.24. The lowest BCUT2D eigenvalue weighted by Gasteiger charge is -2.72. The van der Waals surface area contributed by atoms with Gasteiger partial charge in [0, 0.05) is 28.8 Å². The van der Waals surface area contributed by atoms with Gasteiger partial charge in [-0.2, -0.15) is 0 Å². The number of ether oxygens (including phenoxy) is 1. The highest BCUT2D eigenvalue weighted by Crippen LogP contribution is 2.77. The van der Waals surface area contributed by atoms with Crippen LogP contribution in [0.4, 0.5) is 0 Å². The number of ketones is 1. The minimum atomic E-state index is -1.15. The Kier molecular flexibility index (Phi) is 10.0. The number of allylic oxidation sites excluding steroid dienone is 2. The van der Waals surface area contributed by atoms with Crippen LogP contribution in [0.5, 0.6) is 0 Å². The van der Waals surface area contributed by atoms with E-state index in [1.165, 1.54) is 17.6 Å². The van der Waals surface area contributed by atoms with Crippen molar-refractivity contribution in [3.8, 4) is 0 Å². The van der Waals surface area contributed by atoms with Crippen molar-refractivity contribution in [3.05, 3.63) is 46.0 Å². The highest BCUT2D eigenvalue weighted by Gasteiger charge is 2.70. The highest BCUT2D eigenvalue weighted by atomic mass is 35.5. The molecule has 1 aromatic rings. The molecular formula is C44H64ClNO5. The summed E-state index contributed by atoms with van der Waals surface area (Å²) in [6.45, 7) is 21.7. The van der Waals surface area contributed by atoms with E-state index >= 15 is 0 Å². The van der Waals surface area contributed by atoms with Crippen molar-refractivity contribution < 1.29 is 24.2 Å². The lowest BCUT2D eigenvalue weighted by atomic mass is 9.33. The predicted octanol–water partition coefficient (Wildman–Crippen LogP) is 10.2. The molecule has 51 heavy (non-hydrogen) atoms. The minimum Gasteiger partial charge on any atom is -0.481 e. The van der Waals surface area contributed by atoms with Crippen molar-refractivity contribution in [2.75, 3.05) is 6.54 Å². The summed E-state index contributed by atoms with van der Waals surface area (Å²) >= 11 is 6.12. The van der Waals surface area contributed by atoms with Crippen LogP contribution >= 0.6 is 11.6 Å². The first-order valence-electron chi connectivity index (χ1n) is 19.9. The van der Waals surface area contributed by atoms with E-state index in [0.717, 1.165) is 75.1 Å². The van der Waals surface area contributed by atoms with Gasteiger partial charge in [0.2, 0.25) is 0 Å². The molecule has 0 radical (unpaired) electrons. The quantitative estimate of drug-likeness (QED) is 0.185. The fourth-order valence-electron chi connectivity index (χ4n) is 13.0. The number of aliphatic carboxylic acids is 1. The van der Waals surface area contributed by atoms with Gasteiger partial charge in [0.05, 0.1) is 11.8 Å². The Morgan fingerprint density at radius 3 is 2.27 bits per heavy atom. The molecule has 4 fully saturated rings. The first-order chi connectivity index (χ1) is 23.7. The zero-order valence-electron chi connectivity index (χ0n) is 32.8. The first kappa shape index (κ1) is 38.5. The van der Waals surface area contributed by atoms with Gasteiger partial charge in [-0.1, -0.05) is 77.8 Å². The number of carboxylic acids is 1. The monoisotopic (exact) mass is 721 g/mol. The molecule has 5 aliphatic carbocycles. The van der Waals surface area contributed by atoms with Crippen LogP contribution in [0.2, 0.25) is 5.02 Å². The van der Waals surface area contributed by atoms with E-state index in [0.29, 0.717) is 30.0 Å². The van der Waals surface area contributed by atoms with Gasteiger partial charge in [0.25, 0.3) is 0 Å². The van der Waals surface area contributed by atoms with E-state index in [9.17, 15) is 19.5 Å². The van der Waals surface area contributed by atoms with E-state index in [-0.39, 0.29) is 45.5 Å². The lowest BCUT2D eigenvalue weighted by molar-refractivity contribution is -0.233. The van der Waals surface area contributed by atoms with Gasteiger partial charge in [-0.3, -0.25) is 14.4 Å². The molecule has 0 aromatic heterocycles. The van der Waals surface area contributed by atoms with Crippen LogP contribution in [0.25, 0.3) is 0 Å². The summed E-state index contributed by atoms with van der Waals surface area (Å²) in [5.41, 5.74) is 2.89. The molecule has 8 atom stereocenters. The van der Waals surface area contributed by atoms with E-state index in [1.807, 2.05) is 12.1 Å². The van der Waals surface area contributed by atoms with Gasteiger partial charge in [-0.15, -0.1) is 0 Å². The number of rotatable bonds is 10. The average Bonchev–Trinajstić information content (AvgIpc) is 3.34. The van der Waals surface area contributed by atoms with Crippen LogP contribution in [0.3, 0.4) is 0 Å². The van der Waals surface area contributed by atoms with E-state index in [2.05, 4.69) is 65.9 Å². The van der Waals surface area contributed by atoms with Crippen LogP contribution < -0.4 is 5.32 Å². The van der Waals surface area contributed by atoms with Gasteiger partial charge in [-0.25, -0.2) is 0 Å². The number of carboxylic acid groups (broad SMARTS) is 1. The Bertz CT molecular complexity index is 1580. The third-order valence-electron chi connectivity index (χ3n) is 16.0. The second-order valence-electron chi connectivity index (χ2n) is 19.7.